The summed E-state index contributed by atoms with van der Waals surface area (Å²) in [5.74, 6) is -1.64. The van der Waals surface area contributed by atoms with E-state index in [2.05, 4.69) is 0 Å². The lowest BCUT2D eigenvalue weighted by Gasteiger charge is -2.20. The Bertz CT molecular complexity index is 249. The molecule has 3 N–H and O–H groups in total. The summed E-state index contributed by atoms with van der Waals surface area (Å²) in [6.45, 7) is 5.51. The number of nitrogens with two attached hydrogens (primary N) is 1. The molecule has 17 heavy (non-hydrogen) atoms. The third kappa shape index (κ3) is 5.68. The van der Waals surface area contributed by atoms with Crippen molar-refractivity contribution in [2.45, 2.75) is 58.6 Å². The minimum absolute atomic E-state index is 0.145. The second-order valence-corrected chi connectivity index (χ2v) is 4.28. The molecule has 5 nitrogen and oxygen atoms in total. The standard InChI is InChI=1S/C12H23NO4/c1-4-6-9(7-5-2)12(16)17-8(3)10(13)11(14)15/h8-10H,4-7,13H2,1-3H3,(H,14,15)/t8-,10+/m1/s1. The smallest absolute Gasteiger partial charge is 0.324 e. The number of carbonyl (C=O) groups is 2. The van der Waals surface area contributed by atoms with Gasteiger partial charge in [-0.1, -0.05) is 26.7 Å². The fourth-order valence-electron chi connectivity index (χ4n) is 1.63. The molecule has 0 radical (unpaired) electrons. The highest BCUT2D eigenvalue weighted by molar-refractivity contribution is 5.76. The molecule has 5 heteroatoms. The summed E-state index contributed by atoms with van der Waals surface area (Å²) in [5.41, 5.74) is 5.38. The van der Waals surface area contributed by atoms with E-state index < -0.39 is 18.1 Å². The third-order valence-corrected chi connectivity index (χ3v) is 2.70. The summed E-state index contributed by atoms with van der Waals surface area (Å²) in [4.78, 5) is 22.4. The van der Waals surface area contributed by atoms with E-state index in [9.17, 15) is 9.59 Å². The van der Waals surface area contributed by atoms with Gasteiger partial charge in [-0.25, -0.2) is 0 Å². The molecule has 0 amide bonds. The van der Waals surface area contributed by atoms with Crippen molar-refractivity contribution in [1.29, 1.82) is 0 Å². The molecule has 0 saturated carbocycles. The minimum Gasteiger partial charge on any atom is -0.480 e. The number of hydrogen-bond donors (Lipinski definition) is 2. The van der Waals surface area contributed by atoms with E-state index in [1.165, 1.54) is 6.92 Å². The van der Waals surface area contributed by atoms with Gasteiger partial charge < -0.3 is 15.6 Å². The number of ether oxygens (including phenoxy) is 1. The van der Waals surface area contributed by atoms with Gasteiger partial charge in [-0.2, -0.15) is 0 Å². The van der Waals surface area contributed by atoms with Crippen LogP contribution in [0.15, 0.2) is 0 Å². The molecule has 0 aromatic rings. The van der Waals surface area contributed by atoms with E-state index >= 15 is 0 Å². The Labute approximate surface area is 102 Å². The summed E-state index contributed by atoms with van der Waals surface area (Å²) < 4.78 is 5.10. The maximum atomic E-state index is 11.8. The predicted molar refractivity (Wildman–Crippen MR) is 64.5 cm³/mol. The van der Waals surface area contributed by atoms with E-state index in [0.717, 1.165) is 25.7 Å². The van der Waals surface area contributed by atoms with Crippen molar-refractivity contribution >= 4 is 11.9 Å². The Kier molecular flexibility index (Phi) is 7.54. The van der Waals surface area contributed by atoms with Crippen LogP contribution in [0, 0.1) is 5.92 Å². The lowest BCUT2D eigenvalue weighted by Crippen LogP contribution is -2.43. The molecule has 0 aliphatic rings. The van der Waals surface area contributed by atoms with Crippen LogP contribution in [0.1, 0.15) is 46.5 Å². The average molecular weight is 245 g/mol. The molecule has 0 bridgehead atoms. The van der Waals surface area contributed by atoms with E-state index in [1.807, 2.05) is 13.8 Å². The van der Waals surface area contributed by atoms with Crippen molar-refractivity contribution in [2.75, 3.05) is 0 Å². The van der Waals surface area contributed by atoms with Crippen molar-refractivity contribution in [3.8, 4) is 0 Å². The van der Waals surface area contributed by atoms with Crippen molar-refractivity contribution in [3.63, 3.8) is 0 Å². The van der Waals surface area contributed by atoms with Gasteiger partial charge in [0.25, 0.3) is 0 Å². The highest BCUT2D eigenvalue weighted by atomic mass is 16.5. The van der Waals surface area contributed by atoms with E-state index in [0.29, 0.717) is 0 Å². The minimum atomic E-state index is -1.16. The lowest BCUT2D eigenvalue weighted by atomic mass is 9.98. The number of hydrogen-bond acceptors (Lipinski definition) is 4. The van der Waals surface area contributed by atoms with Gasteiger partial charge in [-0.15, -0.1) is 0 Å². The largest absolute Gasteiger partial charge is 0.480 e. The zero-order valence-electron chi connectivity index (χ0n) is 10.8. The maximum absolute atomic E-state index is 11.8. The zero-order valence-corrected chi connectivity index (χ0v) is 10.8. The van der Waals surface area contributed by atoms with Crippen LogP contribution in [-0.2, 0) is 14.3 Å². The molecule has 0 aliphatic carbocycles. The first-order valence-electron chi connectivity index (χ1n) is 6.12. The van der Waals surface area contributed by atoms with Crippen LogP contribution in [0.5, 0.6) is 0 Å². The summed E-state index contributed by atoms with van der Waals surface area (Å²) in [6, 6.07) is -1.16. The van der Waals surface area contributed by atoms with Gasteiger partial charge in [0.2, 0.25) is 0 Å². The highest BCUT2D eigenvalue weighted by Crippen LogP contribution is 2.16. The molecular weight excluding hydrogens is 222 g/mol. The van der Waals surface area contributed by atoms with E-state index in [4.69, 9.17) is 15.6 Å². The van der Waals surface area contributed by atoms with Crippen LogP contribution < -0.4 is 5.73 Å². The van der Waals surface area contributed by atoms with Crippen LogP contribution in [-0.4, -0.2) is 29.2 Å². The molecule has 2 atom stereocenters. The monoisotopic (exact) mass is 245 g/mol. The zero-order chi connectivity index (χ0) is 13.4. The van der Waals surface area contributed by atoms with Crippen molar-refractivity contribution in [3.05, 3.63) is 0 Å². The first-order chi connectivity index (χ1) is 7.93. The lowest BCUT2D eigenvalue weighted by molar-refractivity contribution is -0.158. The molecule has 0 unspecified atom stereocenters. The summed E-state index contributed by atoms with van der Waals surface area (Å²) in [5, 5.41) is 8.69. The van der Waals surface area contributed by atoms with Crippen LogP contribution in [0.2, 0.25) is 0 Å². The average Bonchev–Trinajstić information content (AvgIpc) is 2.27. The molecule has 0 fully saturated rings. The van der Waals surface area contributed by atoms with Crippen LogP contribution in [0.25, 0.3) is 0 Å². The SMILES string of the molecule is CCCC(CCC)C(=O)O[C@H](C)[C@H](N)C(=O)O. The van der Waals surface area contributed by atoms with Gasteiger partial charge in [0.15, 0.2) is 0 Å². The van der Waals surface area contributed by atoms with Crippen molar-refractivity contribution in [1.82, 2.24) is 0 Å². The topological polar surface area (TPSA) is 89.6 Å². The molecule has 0 aliphatic heterocycles. The Hall–Kier alpha value is -1.10. The van der Waals surface area contributed by atoms with Gasteiger partial charge in [0.1, 0.15) is 12.1 Å². The highest BCUT2D eigenvalue weighted by Gasteiger charge is 2.26. The van der Waals surface area contributed by atoms with E-state index in [-0.39, 0.29) is 11.9 Å². The second kappa shape index (κ2) is 8.06. The van der Waals surface area contributed by atoms with Crippen LogP contribution in [0.4, 0.5) is 0 Å². The number of carbonyl (C=O) groups excluding carboxylic acids is 1. The van der Waals surface area contributed by atoms with Gasteiger partial charge in [-0.05, 0) is 19.8 Å². The third-order valence-electron chi connectivity index (χ3n) is 2.70. The Morgan fingerprint density at radius 2 is 1.71 bits per heavy atom. The summed E-state index contributed by atoms with van der Waals surface area (Å²) >= 11 is 0. The first kappa shape index (κ1) is 15.9. The first-order valence-corrected chi connectivity index (χ1v) is 6.12. The summed E-state index contributed by atoms with van der Waals surface area (Å²) in [6.07, 6.45) is 2.54. The molecule has 0 rings (SSSR count). The number of carboxylic acids is 1. The molecule has 100 valence electrons. The normalized spacial score (nSPS) is 14.4. The molecule has 0 aromatic carbocycles. The number of aliphatic carboxylic acids is 1. The maximum Gasteiger partial charge on any atom is 0.324 e. The predicted octanol–water partition coefficient (Wildman–Crippen LogP) is 1.55. The number of rotatable bonds is 8. The molecule has 0 heterocycles. The Morgan fingerprint density at radius 3 is 2.06 bits per heavy atom. The quantitative estimate of drug-likeness (QED) is 0.633. The second-order valence-electron chi connectivity index (χ2n) is 4.28. The molecule has 0 saturated heterocycles. The molecular formula is C12H23NO4. The Balaban J connectivity index is 4.33. The summed E-state index contributed by atoms with van der Waals surface area (Å²) in [7, 11) is 0. The van der Waals surface area contributed by atoms with Gasteiger partial charge >= 0.3 is 11.9 Å². The molecule has 0 aromatic heterocycles. The van der Waals surface area contributed by atoms with Crippen molar-refractivity contribution < 1.29 is 19.4 Å². The fraction of sp³-hybridized carbons (Fsp3) is 0.833. The number of carboxylic acid groups (broad SMARTS) is 1. The fourth-order valence-corrected chi connectivity index (χ4v) is 1.63. The number of esters is 1. The van der Waals surface area contributed by atoms with E-state index in [1.54, 1.807) is 0 Å². The molecule has 0 spiro atoms. The van der Waals surface area contributed by atoms with Gasteiger partial charge in [0, 0.05) is 0 Å². The van der Waals surface area contributed by atoms with Gasteiger partial charge in [-0.3, -0.25) is 9.59 Å². The van der Waals surface area contributed by atoms with Crippen LogP contribution in [0.3, 0.4) is 0 Å². The Morgan fingerprint density at radius 1 is 1.24 bits per heavy atom. The van der Waals surface area contributed by atoms with Gasteiger partial charge in [0.05, 0.1) is 5.92 Å². The van der Waals surface area contributed by atoms with Crippen molar-refractivity contribution in [2.24, 2.45) is 11.7 Å². The van der Waals surface area contributed by atoms with Crippen LogP contribution >= 0.6 is 0 Å².